The van der Waals surface area contributed by atoms with Crippen molar-refractivity contribution in [1.29, 1.82) is 5.26 Å². The number of Topliss-reactive ketones (excluding diaryl/α,β-unsaturated/α-hetero) is 1. The second kappa shape index (κ2) is 5.39. The maximum absolute atomic E-state index is 12.9. The third-order valence-corrected chi connectivity index (χ3v) is 4.00. The van der Waals surface area contributed by atoms with E-state index in [9.17, 15) is 18.0 Å². The third kappa shape index (κ3) is 2.59. The summed E-state index contributed by atoms with van der Waals surface area (Å²) >= 11 is 6.02. The van der Waals surface area contributed by atoms with E-state index in [-0.39, 0.29) is 27.8 Å². The molecule has 4 nitrogen and oxygen atoms in total. The predicted molar refractivity (Wildman–Crippen MR) is 75.6 cm³/mol. The summed E-state index contributed by atoms with van der Waals surface area (Å²) in [4.78, 5) is 12.0. The Balaban J connectivity index is 2.25. The molecule has 0 aliphatic heterocycles. The van der Waals surface area contributed by atoms with Crippen LogP contribution in [0.4, 0.5) is 13.2 Å². The lowest BCUT2D eigenvalue weighted by molar-refractivity contribution is -0.137. The number of alkyl halides is 3. The van der Waals surface area contributed by atoms with Crippen molar-refractivity contribution < 1.29 is 18.0 Å². The number of halogens is 4. The van der Waals surface area contributed by atoms with Crippen molar-refractivity contribution in [2.45, 2.75) is 25.4 Å². The van der Waals surface area contributed by atoms with Crippen LogP contribution in [-0.4, -0.2) is 15.6 Å². The number of nitrogens with zero attached hydrogens (tertiary/aromatic N) is 3. The van der Waals surface area contributed by atoms with Crippen LogP contribution in [0.25, 0.3) is 5.69 Å². The summed E-state index contributed by atoms with van der Waals surface area (Å²) in [7, 11) is 0. The van der Waals surface area contributed by atoms with Gasteiger partial charge in [0, 0.05) is 6.42 Å². The molecule has 0 amide bonds. The van der Waals surface area contributed by atoms with Gasteiger partial charge >= 0.3 is 6.18 Å². The summed E-state index contributed by atoms with van der Waals surface area (Å²) in [6.45, 7) is 0. The summed E-state index contributed by atoms with van der Waals surface area (Å²) in [5.41, 5.74) is -0.333. The van der Waals surface area contributed by atoms with E-state index in [1.807, 2.05) is 6.07 Å². The van der Waals surface area contributed by atoms with Crippen LogP contribution in [0.15, 0.2) is 18.2 Å². The van der Waals surface area contributed by atoms with Crippen molar-refractivity contribution in [3.05, 3.63) is 45.7 Å². The quantitative estimate of drug-likeness (QED) is 0.790. The number of nitriles is 1. The Morgan fingerprint density at radius 3 is 2.70 bits per heavy atom. The maximum Gasteiger partial charge on any atom is 0.416 e. The van der Waals surface area contributed by atoms with Gasteiger partial charge in [-0.3, -0.25) is 4.79 Å². The third-order valence-electron chi connectivity index (χ3n) is 3.68. The number of hydrogen-bond acceptors (Lipinski definition) is 3. The first-order valence-electron chi connectivity index (χ1n) is 6.75. The second-order valence-corrected chi connectivity index (χ2v) is 5.54. The minimum Gasteiger partial charge on any atom is -0.294 e. The van der Waals surface area contributed by atoms with Gasteiger partial charge in [-0.05, 0) is 31.0 Å². The van der Waals surface area contributed by atoms with Gasteiger partial charge in [0.1, 0.15) is 6.07 Å². The normalized spacial score (nSPS) is 14.5. The highest BCUT2D eigenvalue weighted by Crippen LogP contribution is 2.35. The molecule has 0 bridgehead atoms. The van der Waals surface area contributed by atoms with Gasteiger partial charge in [0.2, 0.25) is 0 Å². The van der Waals surface area contributed by atoms with Gasteiger partial charge in [0.15, 0.2) is 11.5 Å². The van der Waals surface area contributed by atoms with Gasteiger partial charge in [-0.15, -0.1) is 0 Å². The molecule has 1 aromatic carbocycles. The summed E-state index contributed by atoms with van der Waals surface area (Å²) in [6, 6.07) is 4.70. The van der Waals surface area contributed by atoms with Crippen molar-refractivity contribution in [2.24, 2.45) is 0 Å². The Labute approximate surface area is 134 Å². The fraction of sp³-hybridized carbons (Fsp3) is 0.267. The number of rotatable bonds is 1. The Kier molecular flexibility index (Phi) is 3.65. The molecule has 0 radical (unpaired) electrons. The number of aromatic nitrogens is 2. The molecule has 0 spiro atoms. The summed E-state index contributed by atoms with van der Waals surface area (Å²) in [5.74, 6) is -0.225. The average Bonchev–Trinajstić information content (AvgIpc) is 2.86. The topological polar surface area (TPSA) is 58.7 Å². The minimum absolute atomic E-state index is 0.00828. The van der Waals surface area contributed by atoms with E-state index in [0.717, 1.165) is 18.2 Å². The van der Waals surface area contributed by atoms with E-state index in [1.165, 1.54) is 4.68 Å². The van der Waals surface area contributed by atoms with E-state index in [1.54, 1.807) is 0 Å². The molecule has 2 aromatic rings. The van der Waals surface area contributed by atoms with Crippen LogP contribution in [0.5, 0.6) is 0 Å². The van der Waals surface area contributed by atoms with Crippen LogP contribution < -0.4 is 0 Å². The van der Waals surface area contributed by atoms with Crippen LogP contribution in [-0.2, 0) is 12.6 Å². The molecular weight excluding hydrogens is 331 g/mol. The van der Waals surface area contributed by atoms with Crippen LogP contribution in [0, 0.1) is 11.3 Å². The SMILES string of the molecule is N#Cc1nn(-c2cc(C(F)(F)F)ccc2Cl)c2c1C(=O)CCC2. The number of benzene rings is 1. The predicted octanol–water partition coefficient (Wildman–Crippen LogP) is 3.94. The molecule has 0 atom stereocenters. The van der Waals surface area contributed by atoms with Gasteiger partial charge in [0.25, 0.3) is 0 Å². The molecule has 0 fully saturated rings. The lowest BCUT2D eigenvalue weighted by atomic mass is 9.94. The molecule has 1 aliphatic rings. The summed E-state index contributed by atoms with van der Waals surface area (Å²) < 4.78 is 39.9. The van der Waals surface area contributed by atoms with E-state index in [4.69, 9.17) is 16.9 Å². The van der Waals surface area contributed by atoms with E-state index >= 15 is 0 Å². The van der Waals surface area contributed by atoms with Crippen LogP contribution >= 0.6 is 11.6 Å². The molecule has 23 heavy (non-hydrogen) atoms. The fourth-order valence-corrected chi connectivity index (χ4v) is 2.84. The average molecular weight is 340 g/mol. The highest BCUT2D eigenvalue weighted by molar-refractivity contribution is 6.32. The smallest absolute Gasteiger partial charge is 0.294 e. The molecule has 1 aliphatic carbocycles. The second-order valence-electron chi connectivity index (χ2n) is 5.13. The first-order valence-corrected chi connectivity index (χ1v) is 7.13. The molecule has 0 N–H and O–H groups in total. The molecule has 8 heteroatoms. The van der Waals surface area contributed by atoms with E-state index < -0.39 is 11.7 Å². The highest BCUT2D eigenvalue weighted by atomic mass is 35.5. The lowest BCUT2D eigenvalue weighted by Gasteiger charge is -2.15. The van der Waals surface area contributed by atoms with Crippen molar-refractivity contribution in [3.63, 3.8) is 0 Å². The molecule has 0 saturated heterocycles. The molecule has 1 heterocycles. The molecule has 0 saturated carbocycles. The summed E-state index contributed by atoms with van der Waals surface area (Å²) in [6.07, 6.45) is -3.23. The standard InChI is InChI=1S/C15H9ClF3N3O/c16-9-5-4-8(15(17,18)19)6-12(9)22-11-2-1-3-13(23)14(11)10(7-20)21-22/h4-6H,1-3H2. The first kappa shape index (κ1) is 15.6. The van der Waals surface area contributed by atoms with Crippen molar-refractivity contribution >= 4 is 17.4 Å². The van der Waals surface area contributed by atoms with Crippen LogP contribution in [0.1, 0.15) is 40.2 Å². The van der Waals surface area contributed by atoms with Crippen molar-refractivity contribution in [3.8, 4) is 11.8 Å². The van der Waals surface area contributed by atoms with Crippen molar-refractivity contribution in [2.75, 3.05) is 0 Å². The molecule has 3 rings (SSSR count). The van der Waals surface area contributed by atoms with E-state index in [0.29, 0.717) is 25.0 Å². The zero-order valence-electron chi connectivity index (χ0n) is 11.6. The van der Waals surface area contributed by atoms with Crippen molar-refractivity contribution in [1.82, 2.24) is 9.78 Å². The van der Waals surface area contributed by atoms with E-state index in [2.05, 4.69) is 5.10 Å². The zero-order chi connectivity index (χ0) is 16.8. The fourth-order valence-electron chi connectivity index (χ4n) is 2.65. The number of fused-ring (bicyclic) bond motifs is 1. The minimum atomic E-state index is -4.53. The molecule has 1 aromatic heterocycles. The molecule has 0 unspecified atom stereocenters. The highest BCUT2D eigenvalue weighted by Gasteiger charge is 2.33. The summed E-state index contributed by atoms with van der Waals surface area (Å²) in [5, 5.41) is 13.2. The molecule has 118 valence electrons. The number of hydrogen-bond donors (Lipinski definition) is 0. The van der Waals surface area contributed by atoms with Gasteiger partial charge in [0.05, 0.1) is 27.5 Å². The van der Waals surface area contributed by atoms with Gasteiger partial charge in [-0.2, -0.15) is 23.5 Å². The first-order chi connectivity index (χ1) is 10.8. The largest absolute Gasteiger partial charge is 0.416 e. The van der Waals surface area contributed by atoms with Gasteiger partial charge in [-0.1, -0.05) is 11.6 Å². The number of carbonyl (C=O) groups is 1. The molecular formula is C15H9ClF3N3O. The Morgan fingerprint density at radius 1 is 1.30 bits per heavy atom. The van der Waals surface area contributed by atoms with Crippen LogP contribution in [0.2, 0.25) is 5.02 Å². The Morgan fingerprint density at radius 2 is 2.04 bits per heavy atom. The number of ketones is 1. The Bertz CT molecular complexity index is 849. The monoisotopic (exact) mass is 339 g/mol. The van der Waals surface area contributed by atoms with Crippen LogP contribution in [0.3, 0.4) is 0 Å². The van der Waals surface area contributed by atoms with Gasteiger partial charge in [-0.25, -0.2) is 4.68 Å². The maximum atomic E-state index is 12.9. The van der Waals surface area contributed by atoms with Gasteiger partial charge < -0.3 is 0 Å². The number of carbonyl (C=O) groups excluding carboxylic acids is 1. The lowest BCUT2D eigenvalue weighted by Crippen LogP contribution is -2.14. The zero-order valence-corrected chi connectivity index (χ0v) is 12.4. The Hall–Kier alpha value is -2.33.